The van der Waals surface area contributed by atoms with E-state index in [1.54, 1.807) is 12.3 Å². The zero-order chi connectivity index (χ0) is 19.7. The maximum atomic E-state index is 13.1. The van der Waals surface area contributed by atoms with E-state index >= 15 is 0 Å². The van der Waals surface area contributed by atoms with Gasteiger partial charge in [0, 0.05) is 4.47 Å². The van der Waals surface area contributed by atoms with Gasteiger partial charge in [0.05, 0.1) is 25.1 Å². The number of rotatable bonds is 4. The molecule has 2 aromatic heterocycles. The molecule has 0 aliphatic carbocycles. The first-order chi connectivity index (χ1) is 13.5. The number of thiophene rings is 1. The molecule has 4 rings (SSSR count). The van der Waals surface area contributed by atoms with Crippen LogP contribution < -0.4 is 5.01 Å². The molecule has 0 aliphatic heterocycles. The Balaban J connectivity index is 1.75. The number of fused-ring (bicyclic) bond motifs is 1. The van der Waals surface area contributed by atoms with E-state index in [9.17, 15) is 4.79 Å². The third-order valence-corrected chi connectivity index (χ3v) is 7.02. The Morgan fingerprint density at radius 2 is 1.86 bits per heavy atom. The van der Waals surface area contributed by atoms with Crippen molar-refractivity contribution in [3.8, 4) is 0 Å². The van der Waals surface area contributed by atoms with Crippen LogP contribution in [0.2, 0.25) is 0 Å². The summed E-state index contributed by atoms with van der Waals surface area (Å²) in [6, 6.07) is 17.4. The van der Waals surface area contributed by atoms with Crippen LogP contribution in [-0.4, -0.2) is 17.1 Å². The summed E-state index contributed by atoms with van der Waals surface area (Å²) in [7, 11) is 0. The predicted molar refractivity (Wildman–Crippen MR) is 125 cm³/mol. The second-order valence-electron chi connectivity index (χ2n) is 5.98. The van der Waals surface area contributed by atoms with Crippen molar-refractivity contribution in [2.45, 2.75) is 6.92 Å². The quantitative estimate of drug-likeness (QED) is 0.212. The van der Waals surface area contributed by atoms with Crippen LogP contribution in [0.5, 0.6) is 0 Å². The number of carbonyl (C=O) groups is 1. The highest BCUT2D eigenvalue weighted by molar-refractivity contribution is 9.11. The SMILES string of the molecule is Cc1ccc2nc(N(/N=C/c3ccc(Br)cc3)C(=O)c3ccc(Br)s3)sc2c1. The molecule has 4 aromatic rings. The summed E-state index contributed by atoms with van der Waals surface area (Å²) in [5.41, 5.74) is 2.90. The Morgan fingerprint density at radius 3 is 2.57 bits per heavy atom. The molecule has 1 amide bonds. The molecule has 2 aromatic carbocycles. The van der Waals surface area contributed by atoms with Crippen molar-refractivity contribution in [2.75, 3.05) is 5.01 Å². The van der Waals surface area contributed by atoms with Gasteiger partial charge in [-0.05, 0) is 70.4 Å². The molecular weight excluding hydrogens is 522 g/mol. The van der Waals surface area contributed by atoms with Gasteiger partial charge in [0.2, 0.25) is 5.13 Å². The molecule has 0 spiro atoms. The van der Waals surface area contributed by atoms with Gasteiger partial charge in [0.25, 0.3) is 5.91 Å². The highest BCUT2D eigenvalue weighted by Gasteiger charge is 2.22. The van der Waals surface area contributed by atoms with Gasteiger partial charge >= 0.3 is 0 Å². The maximum absolute atomic E-state index is 13.1. The number of anilines is 1. The number of hydrogen-bond donors (Lipinski definition) is 0. The molecule has 0 saturated carbocycles. The smallest absolute Gasteiger partial charge is 0.266 e. The number of thiazole rings is 1. The Bertz CT molecular complexity index is 1180. The minimum atomic E-state index is -0.208. The van der Waals surface area contributed by atoms with Gasteiger partial charge in [-0.1, -0.05) is 45.5 Å². The number of hydrazone groups is 1. The number of benzene rings is 2. The van der Waals surface area contributed by atoms with Gasteiger partial charge in [-0.2, -0.15) is 10.1 Å². The van der Waals surface area contributed by atoms with E-state index in [1.165, 1.54) is 27.7 Å². The minimum absolute atomic E-state index is 0.208. The first kappa shape index (κ1) is 19.4. The number of amides is 1. The fraction of sp³-hybridized carbons (Fsp3) is 0.0500. The van der Waals surface area contributed by atoms with E-state index in [4.69, 9.17) is 0 Å². The summed E-state index contributed by atoms with van der Waals surface area (Å²) in [4.78, 5) is 18.4. The van der Waals surface area contributed by atoms with Crippen molar-refractivity contribution in [3.05, 3.63) is 78.9 Å². The van der Waals surface area contributed by atoms with Crippen LogP contribution in [0.1, 0.15) is 20.8 Å². The van der Waals surface area contributed by atoms with Crippen LogP contribution in [0.25, 0.3) is 10.2 Å². The summed E-state index contributed by atoms with van der Waals surface area (Å²) < 4.78 is 2.91. The Labute approximate surface area is 186 Å². The van der Waals surface area contributed by atoms with Crippen molar-refractivity contribution < 1.29 is 4.79 Å². The Kier molecular flexibility index (Phi) is 5.73. The monoisotopic (exact) mass is 533 g/mol. The average Bonchev–Trinajstić information content (AvgIpc) is 3.29. The van der Waals surface area contributed by atoms with Gasteiger partial charge in [0.15, 0.2) is 0 Å². The van der Waals surface area contributed by atoms with Gasteiger partial charge in [-0.25, -0.2) is 4.98 Å². The van der Waals surface area contributed by atoms with Crippen LogP contribution >= 0.6 is 54.5 Å². The normalized spacial score (nSPS) is 11.4. The first-order valence-corrected chi connectivity index (χ1v) is 11.5. The highest BCUT2D eigenvalue weighted by Crippen LogP contribution is 2.32. The number of aromatic nitrogens is 1. The van der Waals surface area contributed by atoms with Crippen LogP contribution in [0.15, 0.2) is 68.0 Å². The van der Waals surface area contributed by atoms with E-state index in [-0.39, 0.29) is 5.91 Å². The molecule has 2 heterocycles. The lowest BCUT2D eigenvalue weighted by atomic mass is 10.2. The molecule has 0 unspecified atom stereocenters. The number of halogens is 2. The molecule has 4 nitrogen and oxygen atoms in total. The summed E-state index contributed by atoms with van der Waals surface area (Å²) in [5, 5.41) is 6.40. The molecule has 0 bridgehead atoms. The van der Waals surface area contributed by atoms with Crippen molar-refractivity contribution in [3.63, 3.8) is 0 Å². The lowest BCUT2D eigenvalue weighted by Crippen LogP contribution is -2.24. The predicted octanol–water partition coefficient (Wildman–Crippen LogP) is 6.87. The number of aryl methyl sites for hydroxylation is 1. The average molecular weight is 535 g/mol. The van der Waals surface area contributed by atoms with Crippen LogP contribution in [0, 0.1) is 6.92 Å². The zero-order valence-electron chi connectivity index (χ0n) is 14.6. The maximum Gasteiger partial charge on any atom is 0.290 e. The molecule has 0 aliphatic rings. The zero-order valence-corrected chi connectivity index (χ0v) is 19.4. The van der Waals surface area contributed by atoms with Crippen molar-refractivity contribution in [1.82, 2.24) is 4.98 Å². The highest BCUT2D eigenvalue weighted by atomic mass is 79.9. The molecule has 140 valence electrons. The fourth-order valence-corrected chi connectivity index (χ4v) is 5.10. The van der Waals surface area contributed by atoms with E-state index in [1.807, 2.05) is 49.4 Å². The third kappa shape index (κ3) is 4.25. The molecule has 28 heavy (non-hydrogen) atoms. The molecule has 0 N–H and O–H groups in total. The summed E-state index contributed by atoms with van der Waals surface area (Å²) >= 11 is 9.67. The van der Waals surface area contributed by atoms with E-state index < -0.39 is 0 Å². The first-order valence-electron chi connectivity index (χ1n) is 8.26. The number of hydrogen-bond acceptors (Lipinski definition) is 5. The number of nitrogens with zero attached hydrogens (tertiary/aromatic N) is 3. The molecule has 0 radical (unpaired) electrons. The third-order valence-electron chi connectivity index (χ3n) is 3.88. The second kappa shape index (κ2) is 8.24. The van der Waals surface area contributed by atoms with Crippen LogP contribution in [0.4, 0.5) is 5.13 Å². The summed E-state index contributed by atoms with van der Waals surface area (Å²) in [5.74, 6) is -0.208. The van der Waals surface area contributed by atoms with Crippen LogP contribution in [0.3, 0.4) is 0 Å². The van der Waals surface area contributed by atoms with Gasteiger partial charge in [-0.3, -0.25) is 4.79 Å². The fourth-order valence-electron chi connectivity index (χ4n) is 2.51. The Hall–Kier alpha value is -1.87. The van der Waals surface area contributed by atoms with E-state index in [0.717, 1.165) is 29.6 Å². The standard InChI is InChI=1S/C20H13Br2N3OS2/c1-12-2-7-15-17(10-12)28-20(24-15)25(19(26)16-8-9-18(22)27-16)23-11-13-3-5-14(21)6-4-13/h2-11H,1H3/b23-11+. The molecule has 0 saturated heterocycles. The summed E-state index contributed by atoms with van der Waals surface area (Å²) in [6.07, 6.45) is 1.67. The molecule has 0 atom stereocenters. The topological polar surface area (TPSA) is 45.6 Å². The second-order valence-corrected chi connectivity index (χ2v) is 10.4. The van der Waals surface area contributed by atoms with Gasteiger partial charge < -0.3 is 0 Å². The number of carbonyl (C=O) groups excluding carboxylic acids is 1. The lowest BCUT2D eigenvalue weighted by molar-refractivity contribution is 0.0991. The van der Waals surface area contributed by atoms with Crippen molar-refractivity contribution in [2.24, 2.45) is 5.10 Å². The van der Waals surface area contributed by atoms with Crippen molar-refractivity contribution >= 4 is 82.0 Å². The Morgan fingerprint density at radius 1 is 1.07 bits per heavy atom. The minimum Gasteiger partial charge on any atom is -0.266 e. The molecule has 8 heteroatoms. The van der Waals surface area contributed by atoms with Gasteiger partial charge in [0.1, 0.15) is 0 Å². The van der Waals surface area contributed by atoms with Crippen LogP contribution in [-0.2, 0) is 0 Å². The lowest BCUT2D eigenvalue weighted by Gasteiger charge is -2.12. The molecular formula is C20H13Br2N3OS2. The van der Waals surface area contributed by atoms with E-state index in [0.29, 0.717) is 10.0 Å². The van der Waals surface area contributed by atoms with Gasteiger partial charge in [-0.15, -0.1) is 11.3 Å². The van der Waals surface area contributed by atoms with E-state index in [2.05, 4.69) is 48.0 Å². The van der Waals surface area contributed by atoms with Crippen molar-refractivity contribution in [1.29, 1.82) is 0 Å². The molecule has 0 fully saturated rings. The largest absolute Gasteiger partial charge is 0.290 e. The summed E-state index contributed by atoms with van der Waals surface area (Å²) in [6.45, 7) is 2.04.